The summed E-state index contributed by atoms with van der Waals surface area (Å²) in [7, 11) is 0. The molecule has 4 heteroatoms. The molecule has 0 spiro atoms. The molecule has 0 heterocycles. The third kappa shape index (κ3) is 3.93. The van der Waals surface area contributed by atoms with Crippen molar-refractivity contribution in [3.05, 3.63) is 88.5 Å². The van der Waals surface area contributed by atoms with E-state index in [-0.39, 0.29) is 11.5 Å². The van der Waals surface area contributed by atoms with Gasteiger partial charge in [0.1, 0.15) is 0 Å². The molecular formula is C25H23F2NO. The SMILES string of the molecule is Cc1cccc(C(=O)Nc2ccc3c(c2)CCC3)c1-c1ccc(C(C)(F)F)cc1. The third-order valence-corrected chi connectivity index (χ3v) is 5.55. The van der Waals surface area contributed by atoms with E-state index in [1.165, 1.54) is 23.3 Å². The van der Waals surface area contributed by atoms with Crippen LogP contribution in [0.4, 0.5) is 14.5 Å². The number of carbonyl (C=O) groups excluding carboxylic acids is 1. The van der Waals surface area contributed by atoms with Crippen LogP contribution in [-0.2, 0) is 18.8 Å². The molecule has 2 nitrogen and oxygen atoms in total. The first-order chi connectivity index (χ1) is 13.8. The van der Waals surface area contributed by atoms with Gasteiger partial charge in [0.2, 0.25) is 0 Å². The Morgan fingerprint density at radius 3 is 2.41 bits per heavy atom. The van der Waals surface area contributed by atoms with Gasteiger partial charge in [-0.05, 0) is 72.2 Å². The van der Waals surface area contributed by atoms with E-state index in [2.05, 4.69) is 11.4 Å². The minimum absolute atomic E-state index is 0.0426. The highest BCUT2D eigenvalue weighted by molar-refractivity contribution is 6.09. The molecule has 0 saturated carbocycles. The number of amides is 1. The molecule has 0 fully saturated rings. The third-order valence-electron chi connectivity index (χ3n) is 5.55. The number of rotatable bonds is 4. The minimum atomic E-state index is -2.89. The Labute approximate surface area is 169 Å². The fraction of sp³-hybridized carbons (Fsp3) is 0.240. The molecule has 0 atom stereocenters. The molecular weight excluding hydrogens is 368 g/mol. The van der Waals surface area contributed by atoms with Crippen molar-refractivity contribution in [2.45, 2.75) is 39.0 Å². The van der Waals surface area contributed by atoms with Crippen molar-refractivity contribution in [2.24, 2.45) is 0 Å². The first-order valence-electron chi connectivity index (χ1n) is 9.84. The predicted octanol–water partition coefficient (Wildman–Crippen LogP) is 6.51. The van der Waals surface area contributed by atoms with Crippen LogP contribution in [0.15, 0.2) is 60.7 Å². The van der Waals surface area contributed by atoms with Gasteiger partial charge in [0.05, 0.1) is 0 Å². The number of alkyl halides is 2. The fourth-order valence-corrected chi connectivity index (χ4v) is 4.02. The number of anilines is 1. The van der Waals surface area contributed by atoms with Crippen molar-refractivity contribution in [2.75, 3.05) is 5.32 Å². The summed E-state index contributed by atoms with van der Waals surface area (Å²) in [4.78, 5) is 13.1. The molecule has 29 heavy (non-hydrogen) atoms. The van der Waals surface area contributed by atoms with Gasteiger partial charge >= 0.3 is 0 Å². The molecule has 0 aliphatic heterocycles. The zero-order valence-electron chi connectivity index (χ0n) is 16.6. The van der Waals surface area contributed by atoms with Gasteiger partial charge in [-0.2, -0.15) is 0 Å². The van der Waals surface area contributed by atoms with Gasteiger partial charge in [-0.3, -0.25) is 4.79 Å². The Kier molecular flexibility index (Phi) is 4.95. The quantitative estimate of drug-likeness (QED) is 0.539. The highest BCUT2D eigenvalue weighted by Gasteiger charge is 2.24. The van der Waals surface area contributed by atoms with E-state index in [1.807, 2.05) is 31.2 Å². The predicted molar refractivity (Wildman–Crippen MR) is 113 cm³/mol. The molecule has 1 amide bonds. The molecule has 0 radical (unpaired) electrons. The highest BCUT2D eigenvalue weighted by atomic mass is 19.3. The van der Waals surface area contributed by atoms with Crippen LogP contribution in [-0.4, -0.2) is 5.91 Å². The van der Waals surface area contributed by atoms with Gasteiger partial charge in [0.15, 0.2) is 0 Å². The second kappa shape index (κ2) is 7.43. The van der Waals surface area contributed by atoms with Gasteiger partial charge < -0.3 is 5.32 Å². The Morgan fingerprint density at radius 1 is 0.966 bits per heavy atom. The van der Waals surface area contributed by atoms with Crippen LogP contribution >= 0.6 is 0 Å². The molecule has 1 N–H and O–H groups in total. The summed E-state index contributed by atoms with van der Waals surface area (Å²) < 4.78 is 27.1. The van der Waals surface area contributed by atoms with Crippen molar-refractivity contribution in [1.29, 1.82) is 0 Å². The van der Waals surface area contributed by atoms with Gasteiger partial charge in [0.25, 0.3) is 11.8 Å². The summed E-state index contributed by atoms with van der Waals surface area (Å²) in [5.41, 5.74) is 6.34. The molecule has 0 unspecified atom stereocenters. The van der Waals surface area contributed by atoms with E-state index in [4.69, 9.17) is 0 Å². The smallest absolute Gasteiger partial charge is 0.270 e. The van der Waals surface area contributed by atoms with Crippen molar-refractivity contribution in [3.63, 3.8) is 0 Å². The van der Waals surface area contributed by atoms with Crippen molar-refractivity contribution in [3.8, 4) is 11.1 Å². The average Bonchev–Trinajstić information content (AvgIpc) is 3.15. The number of benzene rings is 3. The van der Waals surface area contributed by atoms with Crippen molar-refractivity contribution < 1.29 is 13.6 Å². The van der Waals surface area contributed by atoms with Crippen LogP contribution in [0.5, 0.6) is 0 Å². The number of aryl methyl sites for hydroxylation is 3. The molecule has 1 aliphatic carbocycles. The van der Waals surface area contributed by atoms with Crippen LogP contribution in [0.25, 0.3) is 11.1 Å². The zero-order valence-corrected chi connectivity index (χ0v) is 16.6. The van der Waals surface area contributed by atoms with E-state index in [9.17, 15) is 13.6 Å². The van der Waals surface area contributed by atoms with E-state index in [0.717, 1.165) is 48.6 Å². The lowest BCUT2D eigenvalue weighted by Gasteiger charge is -2.15. The van der Waals surface area contributed by atoms with E-state index in [0.29, 0.717) is 5.56 Å². The molecule has 148 valence electrons. The Hall–Kier alpha value is -3.01. The molecule has 3 aromatic carbocycles. The van der Waals surface area contributed by atoms with Crippen LogP contribution in [0.3, 0.4) is 0 Å². The second-order valence-corrected chi connectivity index (χ2v) is 7.75. The highest BCUT2D eigenvalue weighted by Crippen LogP contribution is 2.32. The number of carbonyl (C=O) groups is 1. The lowest BCUT2D eigenvalue weighted by molar-refractivity contribution is 0.0175. The monoisotopic (exact) mass is 391 g/mol. The maximum Gasteiger partial charge on any atom is 0.270 e. The van der Waals surface area contributed by atoms with Crippen LogP contribution in [0, 0.1) is 6.92 Å². The lowest BCUT2D eigenvalue weighted by atomic mass is 9.93. The van der Waals surface area contributed by atoms with Gasteiger partial charge in [0, 0.05) is 23.7 Å². The maximum atomic E-state index is 13.5. The van der Waals surface area contributed by atoms with Crippen LogP contribution in [0.2, 0.25) is 0 Å². The first-order valence-corrected chi connectivity index (χ1v) is 9.84. The summed E-state index contributed by atoms with van der Waals surface area (Å²) >= 11 is 0. The standard InChI is InChI=1S/C25H23F2NO/c1-16-5-3-8-22(23(16)18-9-12-20(13-10-18)25(2,26)27)24(29)28-21-14-11-17-6-4-7-19(17)15-21/h3,5,8-15H,4,6-7H2,1-2H3,(H,28,29). The number of hydrogen-bond donors (Lipinski definition) is 1. The number of halogens is 2. The van der Waals surface area contributed by atoms with Gasteiger partial charge in [-0.1, -0.05) is 42.5 Å². The summed E-state index contributed by atoms with van der Waals surface area (Å²) in [6, 6.07) is 17.8. The molecule has 0 aromatic heterocycles. The van der Waals surface area contributed by atoms with E-state index in [1.54, 1.807) is 18.2 Å². The lowest BCUT2D eigenvalue weighted by Crippen LogP contribution is -2.14. The normalized spacial score (nSPS) is 13.2. The molecule has 1 aliphatic rings. The van der Waals surface area contributed by atoms with E-state index >= 15 is 0 Å². The Morgan fingerprint density at radius 2 is 1.69 bits per heavy atom. The Balaban J connectivity index is 1.66. The molecule has 0 saturated heterocycles. The number of nitrogens with one attached hydrogen (secondary N) is 1. The fourth-order valence-electron chi connectivity index (χ4n) is 4.02. The minimum Gasteiger partial charge on any atom is -0.322 e. The average molecular weight is 391 g/mol. The first kappa shape index (κ1) is 19.3. The second-order valence-electron chi connectivity index (χ2n) is 7.75. The number of fused-ring (bicyclic) bond motifs is 1. The van der Waals surface area contributed by atoms with E-state index < -0.39 is 5.92 Å². The van der Waals surface area contributed by atoms with Gasteiger partial charge in [-0.25, -0.2) is 8.78 Å². The molecule has 0 bridgehead atoms. The summed E-state index contributed by atoms with van der Waals surface area (Å²) in [6.07, 6.45) is 3.29. The molecule has 4 rings (SSSR count). The largest absolute Gasteiger partial charge is 0.322 e. The summed E-state index contributed by atoms with van der Waals surface area (Å²) in [5.74, 6) is -3.09. The van der Waals surface area contributed by atoms with Crippen LogP contribution < -0.4 is 5.32 Å². The maximum absolute atomic E-state index is 13.5. The zero-order chi connectivity index (χ0) is 20.6. The number of hydrogen-bond acceptors (Lipinski definition) is 1. The summed E-state index contributed by atoms with van der Waals surface area (Å²) in [6.45, 7) is 2.80. The Bertz CT molecular complexity index is 1070. The topological polar surface area (TPSA) is 29.1 Å². The van der Waals surface area contributed by atoms with Gasteiger partial charge in [-0.15, -0.1) is 0 Å². The molecule has 3 aromatic rings. The summed E-state index contributed by atoms with van der Waals surface area (Å²) in [5, 5.41) is 3.00. The van der Waals surface area contributed by atoms with Crippen molar-refractivity contribution >= 4 is 11.6 Å². The van der Waals surface area contributed by atoms with Crippen LogP contribution in [0.1, 0.15) is 46.0 Å². The van der Waals surface area contributed by atoms with Crippen molar-refractivity contribution in [1.82, 2.24) is 0 Å².